The second-order valence-electron chi connectivity index (χ2n) is 9.23. The van der Waals surface area contributed by atoms with Gasteiger partial charge in [-0.15, -0.1) is 0 Å². The summed E-state index contributed by atoms with van der Waals surface area (Å²) in [5.41, 5.74) is 5.24. The van der Waals surface area contributed by atoms with Crippen molar-refractivity contribution in [2.75, 3.05) is 26.4 Å². The van der Waals surface area contributed by atoms with Crippen LogP contribution in [0.4, 0.5) is 0 Å². The van der Waals surface area contributed by atoms with Crippen LogP contribution in [0.1, 0.15) is 123 Å². The standard InChI is InChI=1S/C26H52NO8P/c1-3-5-6-7-8-9-10-11-12-13-14-15-16-17-18-19-26(29)35-24(22-32-25(28)4-2)23-34-36(30,31)33-21-20-27/h24H,3-23,27H2,1-2H3,(H,30,31). The van der Waals surface area contributed by atoms with E-state index in [4.69, 9.17) is 19.7 Å². The summed E-state index contributed by atoms with van der Waals surface area (Å²) in [6.07, 6.45) is 18.0. The highest BCUT2D eigenvalue weighted by Crippen LogP contribution is 2.43. The Kier molecular flexibility index (Phi) is 23.7. The summed E-state index contributed by atoms with van der Waals surface area (Å²) < 4.78 is 31.6. The molecule has 0 amide bonds. The van der Waals surface area contributed by atoms with Gasteiger partial charge >= 0.3 is 19.8 Å². The highest BCUT2D eigenvalue weighted by molar-refractivity contribution is 7.47. The third-order valence-electron chi connectivity index (χ3n) is 5.80. The number of esters is 2. The summed E-state index contributed by atoms with van der Waals surface area (Å²) in [4.78, 5) is 33.2. The van der Waals surface area contributed by atoms with E-state index in [1.54, 1.807) is 6.92 Å². The number of hydrogen-bond acceptors (Lipinski definition) is 8. The molecule has 214 valence electrons. The predicted octanol–water partition coefficient (Wildman–Crippen LogP) is 6.21. The third-order valence-corrected chi connectivity index (χ3v) is 6.78. The molecule has 36 heavy (non-hydrogen) atoms. The van der Waals surface area contributed by atoms with Crippen LogP contribution in [0.15, 0.2) is 0 Å². The fraction of sp³-hybridized carbons (Fsp3) is 0.923. The van der Waals surface area contributed by atoms with Crippen LogP contribution in [0.25, 0.3) is 0 Å². The van der Waals surface area contributed by atoms with Gasteiger partial charge in [-0.1, -0.05) is 104 Å². The van der Waals surface area contributed by atoms with Gasteiger partial charge in [0.2, 0.25) is 0 Å². The minimum Gasteiger partial charge on any atom is -0.462 e. The van der Waals surface area contributed by atoms with Gasteiger partial charge in [0.05, 0.1) is 13.2 Å². The van der Waals surface area contributed by atoms with Crippen LogP contribution < -0.4 is 5.73 Å². The smallest absolute Gasteiger partial charge is 0.462 e. The Morgan fingerprint density at radius 3 is 1.72 bits per heavy atom. The van der Waals surface area contributed by atoms with E-state index in [2.05, 4.69) is 11.4 Å². The lowest BCUT2D eigenvalue weighted by Gasteiger charge is -2.19. The summed E-state index contributed by atoms with van der Waals surface area (Å²) in [7, 11) is -4.33. The van der Waals surface area contributed by atoms with Crippen LogP contribution in [0, 0.1) is 0 Å². The van der Waals surface area contributed by atoms with E-state index in [0.717, 1.165) is 12.8 Å². The molecule has 0 aromatic carbocycles. The Hall–Kier alpha value is -0.990. The second-order valence-corrected chi connectivity index (χ2v) is 10.7. The SMILES string of the molecule is CCCCCCCCCCCCCCCCCC(=O)OC(COC(=O)CC)COP(=O)(O)OCCN. The van der Waals surface area contributed by atoms with Gasteiger partial charge in [0, 0.05) is 19.4 Å². The largest absolute Gasteiger partial charge is 0.472 e. The number of rotatable bonds is 26. The monoisotopic (exact) mass is 537 g/mol. The molecule has 0 spiro atoms. The van der Waals surface area contributed by atoms with E-state index in [-0.39, 0.29) is 32.6 Å². The van der Waals surface area contributed by atoms with Crippen LogP contribution >= 0.6 is 7.82 Å². The van der Waals surface area contributed by atoms with Gasteiger partial charge in [-0.3, -0.25) is 18.6 Å². The number of hydrogen-bond donors (Lipinski definition) is 2. The molecule has 0 radical (unpaired) electrons. The molecule has 0 heterocycles. The summed E-state index contributed by atoms with van der Waals surface area (Å²) in [5.74, 6) is -0.925. The molecule has 2 atom stereocenters. The number of phosphoric ester groups is 1. The van der Waals surface area contributed by atoms with Crippen molar-refractivity contribution in [3.8, 4) is 0 Å². The molecule has 3 N–H and O–H groups in total. The van der Waals surface area contributed by atoms with Crippen molar-refractivity contribution in [1.29, 1.82) is 0 Å². The number of carbonyl (C=O) groups is 2. The Balaban J connectivity index is 3.93. The van der Waals surface area contributed by atoms with Gasteiger partial charge in [0.15, 0.2) is 6.10 Å². The number of phosphoric acid groups is 1. The normalized spacial score (nSPS) is 13.8. The highest BCUT2D eigenvalue weighted by Gasteiger charge is 2.25. The van der Waals surface area contributed by atoms with Crippen molar-refractivity contribution in [2.45, 2.75) is 129 Å². The zero-order valence-corrected chi connectivity index (χ0v) is 23.7. The maximum Gasteiger partial charge on any atom is 0.472 e. The summed E-state index contributed by atoms with van der Waals surface area (Å²) in [6.45, 7) is 3.11. The average molecular weight is 538 g/mol. The van der Waals surface area contributed by atoms with Crippen LogP contribution in [0.2, 0.25) is 0 Å². The van der Waals surface area contributed by atoms with Gasteiger partial charge in [-0.25, -0.2) is 4.57 Å². The van der Waals surface area contributed by atoms with E-state index < -0.39 is 32.5 Å². The van der Waals surface area contributed by atoms with Crippen molar-refractivity contribution < 1.29 is 37.6 Å². The fourth-order valence-electron chi connectivity index (χ4n) is 3.67. The Bertz CT molecular complexity index is 590. The highest BCUT2D eigenvalue weighted by atomic mass is 31.2. The molecular weight excluding hydrogens is 485 g/mol. The first kappa shape index (κ1) is 35.0. The van der Waals surface area contributed by atoms with Crippen LogP contribution in [-0.2, 0) is 32.7 Å². The molecule has 0 aromatic heterocycles. The van der Waals surface area contributed by atoms with E-state index in [9.17, 15) is 19.0 Å². The lowest BCUT2D eigenvalue weighted by atomic mass is 10.0. The Labute approximate surface area is 218 Å². The van der Waals surface area contributed by atoms with Crippen molar-refractivity contribution in [1.82, 2.24) is 0 Å². The molecule has 0 saturated heterocycles. The van der Waals surface area contributed by atoms with E-state index in [1.807, 2.05) is 0 Å². The molecule has 0 bridgehead atoms. The van der Waals surface area contributed by atoms with Crippen molar-refractivity contribution in [2.24, 2.45) is 5.73 Å². The average Bonchev–Trinajstić information content (AvgIpc) is 2.86. The topological polar surface area (TPSA) is 134 Å². The second kappa shape index (κ2) is 24.4. The minimum atomic E-state index is -4.33. The maximum atomic E-state index is 12.2. The molecule has 0 aliphatic heterocycles. The zero-order chi connectivity index (χ0) is 26.9. The van der Waals surface area contributed by atoms with Crippen LogP contribution in [-0.4, -0.2) is 49.3 Å². The zero-order valence-electron chi connectivity index (χ0n) is 22.8. The lowest BCUT2D eigenvalue weighted by Crippen LogP contribution is -2.29. The lowest BCUT2D eigenvalue weighted by molar-refractivity contribution is -0.161. The van der Waals surface area contributed by atoms with E-state index in [0.29, 0.717) is 6.42 Å². The van der Waals surface area contributed by atoms with Crippen LogP contribution in [0.5, 0.6) is 0 Å². The van der Waals surface area contributed by atoms with Gasteiger partial charge in [-0.05, 0) is 6.42 Å². The molecule has 10 heteroatoms. The molecule has 9 nitrogen and oxygen atoms in total. The molecular formula is C26H52NO8P. The fourth-order valence-corrected chi connectivity index (χ4v) is 4.44. The first-order valence-electron chi connectivity index (χ1n) is 14.0. The molecule has 2 unspecified atom stereocenters. The molecule has 0 saturated carbocycles. The molecule has 0 aromatic rings. The summed E-state index contributed by atoms with van der Waals surface area (Å²) >= 11 is 0. The summed E-state index contributed by atoms with van der Waals surface area (Å²) in [6, 6.07) is 0. The quantitative estimate of drug-likeness (QED) is 0.0750. The van der Waals surface area contributed by atoms with Gasteiger partial charge < -0.3 is 20.1 Å². The number of unbranched alkanes of at least 4 members (excludes halogenated alkanes) is 14. The Morgan fingerprint density at radius 1 is 0.750 bits per heavy atom. The Morgan fingerprint density at radius 2 is 1.25 bits per heavy atom. The number of ether oxygens (including phenoxy) is 2. The molecule has 0 rings (SSSR count). The van der Waals surface area contributed by atoms with E-state index in [1.165, 1.54) is 77.0 Å². The third kappa shape index (κ3) is 23.4. The predicted molar refractivity (Wildman–Crippen MR) is 141 cm³/mol. The first-order chi connectivity index (χ1) is 17.3. The summed E-state index contributed by atoms with van der Waals surface area (Å²) in [5, 5.41) is 0. The molecule has 0 fully saturated rings. The van der Waals surface area contributed by atoms with Gasteiger partial charge in [0.1, 0.15) is 6.61 Å². The minimum absolute atomic E-state index is 0.0552. The molecule has 0 aliphatic carbocycles. The number of nitrogens with two attached hydrogens (primary N) is 1. The van der Waals surface area contributed by atoms with E-state index >= 15 is 0 Å². The van der Waals surface area contributed by atoms with Crippen molar-refractivity contribution in [3.05, 3.63) is 0 Å². The van der Waals surface area contributed by atoms with Crippen molar-refractivity contribution in [3.63, 3.8) is 0 Å². The first-order valence-corrected chi connectivity index (χ1v) is 15.5. The molecule has 0 aliphatic rings. The van der Waals surface area contributed by atoms with Crippen LogP contribution in [0.3, 0.4) is 0 Å². The van der Waals surface area contributed by atoms with Gasteiger partial charge in [-0.2, -0.15) is 0 Å². The van der Waals surface area contributed by atoms with Gasteiger partial charge in [0.25, 0.3) is 0 Å². The number of carbonyl (C=O) groups excluding carboxylic acids is 2. The maximum absolute atomic E-state index is 12.2. The van der Waals surface area contributed by atoms with Crippen molar-refractivity contribution >= 4 is 19.8 Å².